The van der Waals surface area contributed by atoms with Crippen molar-refractivity contribution < 1.29 is 0 Å². The SMILES string of the molecule is CCC(CC)CNC(C)(C)c1cnn(C)c1. The van der Waals surface area contributed by atoms with E-state index < -0.39 is 0 Å². The molecule has 0 aliphatic rings. The summed E-state index contributed by atoms with van der Waals surface area (Å²) in [6, 6.07) is 0. The minimum Gasteiger partial charge on any atom is -0.307 e. The number of aromatic nitrogens is 2. The molecule has 0 atom stereocenters. The van der Waals surface area contributed by atoms with E-state index in [-0.39, 0.29) is 5.54 Å². The Morgan fingerprint density at radius 1 is 1.38 bits per heavy atom. The lowest BCUT2D eigenvalue weighted by Crippen LogP contribution is -2.39. The molecule has 0 unspecified atom stereocenters. The van der Waals surface area contributed by atoms with Crippen molar-refractivity contribution in [3.63, 3.8) is 0 Å². The molecule has 0 saturated carbocycles. The van der Waals surface area contributed by atoms with Crippen LogP contribution in [0.4, 0.5) is 0 Å². The topological polar surface area (TPSA) is 29.9 Å². The average molecular weight is 223 g/mol. The van der Waals surface area contributed by atoms with Crippen molar-refractivity contribution in [1.82, 2.24) is 15.1 Å². The zero-order valence-corrected chi connectivity index (χ0v) is 11.2. The molecular weight excluding hydrogens is 198 g/mol. The fraction of sp³-hybridized carbons (Fsp3) is 0.769. The second-order valence-electron chi connectivity index (χ2n) is 5.09. The summed E-state index contributed by atoms with van der Waals surface area (Å²) in [4.78, 5) is 0. The van der Waals surface area contributed by atoms with Gasteiger partial charge in [-0.3, -0.25) is 4.68 Å². The lowest BCUT2D eigenvalue weighted by Gasteiger charge is -2.27. The largest absolute Gasteiger partial charge is 0.307 e. The Balaban J connectivity index is 2.58. The first-order chi connectivity index (χ1) is 7.49. The molecule has 1 rings (SSSR count). The molecule has 0 fully saturated rings. The molecular formula is C13H25N3. The monoisotopic (exact) mass is 223 g/mol. The summed E-state index contributed by atoms with van der Waals surface area (Å²) in [5.74, 6) is 0.774. The van der Waals surface area contributed by atoms with Crippen LogP contribution in [0.1, 0.15) is 46.1 Å². The van der Waals surface area contributed by atoms with Crippen LogP contribution in [0.15, 0.2) is 12.4 Å². The fourth-order valence-corrected chi connectivity index (χ4v) is 1.82. The third kappa shape index (κ3) is 3.34. The number of nitrogens with one attached hydrogen (secondary N) is 1. The summed E-state index contributed by atoms with van der Waals surface area (Å²) in [6.45, 7) is 10.0. The van der Waals surface area contributed by atoms with Gasteiger partial charge in [-0.25, -0.2) is 0 Å². The van der Waals surface area contributed by atoms with Crippen LogP contribution in [0.5, 0.6) is 0 Å². The molecule has 0 aliphatic heterocycles. The molecule has 1 heterocycles. The van der Waals surface area contributed by atoms with E-state index in [2.05, 4.69) is 44.3 Å². The van der Waals surface area contributed by atoms with Crippen molar-refractivity contribution in [2.45, 2.75) is 46.1 Å². The summed E-state index contributed by atoms with van der Waals surface area (Å²) in [5.41, 5.74) is 1.26. The quantitative estimate of drug-likeness (QED) is 0.803. The molecule has 16 heavy (non-hydrogen) atoms. The molecule has 1 aromatic heterocycles. The smallest absolute Gasteiger partial charge is 0.0540 e. The highest BCUT2D eigenvalue weighted by molar-refractivity contribution is 5.15. The third-order valence-corrected chi connectivity index (χ3v) is 3.41. The van der Waals surface area contributed by atoms with Gasteiger partial charge in [-0.15, -0.1) is 0 Å². The maximum absolute atomic E-state index is 4.23. The van der Waals surface area contributed by atoms with Gasteiger partial charge >= 0.3 is 0 Å². The van der Waals surface area contributed by atoms with Gasteiger partial charge in [-0.05, 0) is 26.3 Å². The molecule has 92 valence electrons. The van der Waals surface area contributed by atoms with E-state index in [0.717, 1.165) is 12.5 Å². The molecule has 0 aliphatic carbocycles. The maximum atomic E-state index is 4.23. The minimum absolute atomic E-state index is 0.0108. The molecule has 0 spiro atoms. The van der Waals surface area contributed by atoms with Crippen LogP contribution in [-0.4, -0.2) is 16.3 Å². The predicted molar refractivity (Wildman–Crippen MR) is 68.3 cm³/mol. The first kappa shape index (κ1) is 13.2. The van der Waals surface area contributed by atoms with Crippen molar-refractivity contribution in [3.05, 3.63) is 18.0 Å². The average Bonchev–Trinajstić information content (AvgIpc) is 2.67. The molecule has 3 nitrogen and oxygen atoms in total. The van der Waals surface area contributed by atoms with E-state index in [9.17, 15) is 0 Å². The Morgan fingerprint density at radius 2 is 2.00 bits per heavy atom. The highest BCUT2D eigenvalue weighted by atomic mass is 15.2. The summed E-state index contributed by atoms with van der Waals surface area (Å²) < 4.78 is 1.86. The molecule has 1 N–H and O–H groups in total. The van der Waals surface area contributed by atoms with Crippen LogP contribution in [0.2, 0.25) is 0 Å². The van der Waals surface area contributed by atoms with Crippen LogP contribution in [0.3, 0.4) is 0 Å². The molecule has 0 bridgehead atoms. The third-order valence-electron chi connectivity index (χ3n) is 3.41. The zero-order chi connectivity index (χ0) is 12.2. The minimum atomic E-state index is 0.0108. The molecule has 0 amide bonds. The van der Waals surface area contributed by atoms with Crippen molar-refractivity contribution in [1.29, 1.82) is 0 Å². The summed E-state index contributed by atoms with van der Waals surface area (Å²) in [5, 5.41) is 7.86. The van der Waals surface area contributed by atoms with E-state index >= 15 is 0 Å². The number of hydrogen-bond acceptors (Lipinski definition) is 2. The van der Waals surface area contributed by atoms with Gasteiger partial charge in [-0.2, -0.15) is 5.10 Å². The summed E-state index contributed by atoms with van der Waals surface area (Å²) in [7, 11) is 1.96. The zero-order valence-electron chi connectivity index (χ0n) is 11.2. The molecule has 3 heteroatoms. The standard InChI is InChI=1S/C13H25N3/c1-6-11(7-2)8-14-13(3,4)12-9-15-16(5)10-12/h9-11,14H,6-8H2,1-5H3. The second-order valence-corrected chi connectivity index (χ2v) is 5.09. The van der Waals surface area contributed by atoms with Gasteiger partial charge in [0, 0.05) is 24.3 Å². The summed E-state index contributed by atoms with van der Waals surface area (Å²) in [6.07, 6.45) is 6.51. The Hall–Kier alpha value is -0.830. The first-order valence-electron chi connectivity index (χ1n) is 6.23. The van der Waals surface area contributed by atoms with Crippen molar-refractivity contribution >= 4 is 0 Å². The van der Waals surface area contributed by atoms with Crippen LogP contribution in [0.25, 0.3) is 0 Å². The molecule has 0 aromatic carbocycles. The van der Waals surface area contributed by atoms with Crippen LogP contribution in [-0.2, 0) is 12.6 Å². The molecule has 1 aromatic rings. The van der Waals surface area contributed by atoms with Gasteiger partial charge in [0.25, 0.3) is 0 Å². The van der Waals surface area contributed by atoms with E-state index in [1.807, 2.05) is 17.9 Å². The normalized spacial score (nSPS) is 12.4. The molecule has 0 saturated heterocycles. The van der Waals surface area contributed by atoms with Crippen LogP contribution in [0, 0.1) is 5.92 Å². The fourth-order valence-electron chi connectivity index (χ4n) is 1.82. The van der Waals surface area contributed by atoms with Gasteiger partial charge in [0.2, 0.25) is 0 Å². The predicted octanol–water partition coefficient (Wildman–Crippen LogP) is 2.68. The first-order valence-corrected chi connectivity index (χ1v) is 6.23. The van der Waals surface area contributed by atoms with E-state index in [1.54, 1.807) is 0 Å². The Morgan fingerprint density at radius 3 is 2.44 bits per heavy atom. The highest BCUT2D eigenvalue weighted by Crippen LogP contribution is 2.20. The lowest BCUT2D eigenvalue weighted by atomic mass is 9.95. The van der Waals surface area contributed by atoms with Gasteiger partial charge in [-0.1, -0.05) is 26.7 Å². The number of rotatable bonds is 6. The number of nitrogens with zero attached hydrogens (tertiary/aromatic N) is 2. The summed E-state index contributed by atoms with van der Waals surface area (Å²) >= 11 is 0. The van der Waals surface area contributed by atoms with Crippen LogP contribution >= 0.6 is 0 Å². The molecule has 0 radical (unpaired) electrons. The number of aryl methyl sites for hydroxylation is 1. The van der Waals surface area contributed by atoms with E-state index in [1.165, 1.54) is 18.4 Å². The van der Waals surface area contributed by atoms with Gasteiger partial charge < -0.3 is 5.32 Å². The Labute approximate surface area is 99.2 Å². The highest BCUT2D eigenvalue weighted by Gasteiger charge is 2.22. The van der Waals surface area contributed by atoms with Gasteiger partial charge in [0.15, 0.2) is 0 Å². The van der Waals surface area contributed by atoms with Crippen molar-refractivity contribution in [2.75, 3.05) is 6.54 Å². The lowest BCUT2D eigenvalue weighted by molar-refractivity contribution is 0.344. The van der Waals surface area contributed by atoms with E-state index in [0.29, 0.717) is 0 Å². The van der Waals surface area contributed by atoms with Crippen molar-refractivity contribution in [2.24, 2.45) is 13.0 Å². The Kier molecular flexibility index (Phi) is 4.54. The van der Waals surface area contributed by atoms with Gasteiger partial charge in [0.1, 0.15) is 0 Å². The second kappa shape index (κ2) is 5.48. The maximum Gasteiger partial charge on any atom is 0.0540 e. The Bertz CT molecular complexity index is 311. The van der Waals surface area contributed by atoms with Crippen LogP contribution < -0.4 is 5.32 Å². The van der Waals surface area contributed by atoms with Crippen molar-refractivity contribution in [3.8, 4) is 0 Å². The van der Waals surface area contributed by atoms with Gasteiger partial charge in [0.05, 0.1) is 6.20 Å². The number of hydrogen-bond donors (Lipinski definition) is 1. The van der Waals surface area contributed by atoms with E-state index in [4.69, 9.17) is 0 Å².